The average Bonchev–Trinajstić information content (AvgIpc) is 2.41. The lowest BCUT2D eigenvalue weighted by Crippen LogP contribution is -2.45. The van der Waals surface area contributed by atoms with Crippen molar-refractivity contribution in [2.75, 3.05) is 20.7 Å². The third-order valence-electron chi connectivity index (χ3n) is 2.86. The van der Waals surface area contributed by atoms with Gasteiger partial charge in [0.2, 0.25) is 0 Å². The van der Waals surface area contributed by atoms with Crippen LogP contribution in [0.15, 0.2) is 29.3 Å². The molecular weight excluding hydrogens is 389 g/mol. The SMILES string of the molecule is CN=C(NCc1ccccc1Cl)NCC(C)(C)OC.I. The third kappa shape index (κ3) is 6.76. The van der Waals surface area contributed by atoms with Crippen LogP contribution in [0, 0.1) is 0 Å². The summed E-state index contributed by atoms with van der Waals surface area (Å²) in [5, 5.41) is 7.20. The van der Waals surface area contributed by atoms with E-state index in [1.807, 2.05) is 38.1 Å². The summed E-state index contributed by atoms with van der Waals surface area (Å²) >= 11 is 6.10. The van der Waals surface area contributed by atoms with Gasteiger partial charge in [-0.25, -0.2) is 0 Å². The van der Waals surface area contributed by atoms with E-state index in [1.54, 1.807) is 14.2 Å². The minimum absolute atomic E-state index is 0. The van der Waals surface area contributed by atoms with Crippen molar-refractivity contribution in [1.82, 2.24) is 10.6 Å². The lowest BCUT2D eigenvalue weighted by Gasteiger charge is -2.24. The molecule has 0 radical (unpaired) electrons. The zero-order chi connectivity index (χ0) is 14.3. The van der Waals surface area contributed by atoms with E-state index < -0.39 is 0 Å². The summed E-state index contributed by atoms with van der Waals surface area (Å²) in [5.74, 6) is 0.727. The van der Waals surface area contributed by atoms with Gasteiger partial charge in [0, 0.05) is 32.3 Å². The fraction of sp³-hybridized carbons (Fsp3) is 0.500. The highest BCUT2D eigenvalue weighted by Gasteiger charge is 2.16. The van der Waals surface area contributed by atoms with E-state index in [9.17, 15) is 0 Å². The van der Waals surface area contributed by atoms with Gasteiger partial charge in [0.1, 0.15) is 0 Å². The molecule has 0 bridgehead atoms. The quantitative estimate of drug-likeness (QED) is 0.445. The number of nitrogens with one attached hydrogen (secondary N) is 2. The topological polar surface area (TPSA) is 45.7 Å². The largest absolute Gasteiger partial charge is 0.377 e. The summed E-state index contributed by atoms with van der Waals surface area (Å²) < 4.78 is 5.35. The minimum Gasteiger partial charge on any atom is -0.377 e. The van der Waals surface area contributed by atoms with E-state index in [1.165, 1.54) is 0 Å². The summed E-state index contributed by atoms with van der Waals surface area (Å²) in [6.07, 6.45) is 0. The molecule has 2 N–H and O–H groups in total. The van der Waals surface area contributed by atoms with Gasteiger partial charge in [-0.1, -0.05) is 29.8 Å². The van der Waals surface area contributed by atoms with Gasteiger partial charge in [0.15, 0.2) is 5.96 Å². The number of aliphatic imine (C=N–C) groups is 1. The highest BCUT2D eigenvalue weighted by molar-refractivity contribution is 14.0. The zero-order valence-corrected chi connectivity index (χ0v) is 15.5. The van der Waals surface area contributed by atoms with E-state index in [0.717, 1.165) is 16.5 Å². The van der Waals surface area contributed by atoms with Crippen LogP contribution in [0.4, 0.5) is 0 Å². The number of nitrogens with zero attached hydrogens (tertiary/aromatic N) is 1. The Morgan fingerprint density at radius 2 is 1.95 bits per heavy atom. The number of benzene rings is 1. The van der Waals surface area contributed by atoms with E-state index in [4.69, 9.17) is 16.3 Å². The van der Waals surface area contributed by atoms with Gasteiger partial charge < -0.3 is 15.4 Å². The summed E-state index contributed by atoms with van der Waals surface area (Å²) in [5.41, 5.74) is 0.806. The van der Waals surface area contributed by atoms with Crippen LogP contribution < -0.4 is 10.6 Å². The number of ether oxygens (including phenoxy) is 1. The van der Waals surface area contributed by atoms with Gasteiger partial charge in [0.05, 0.1) is 5.60 Å². The van der Waals surface area contributed by atoms with Crippen molar-refractivity contribution in [3.63, 3.8) is 0 Å². The highest BCUT2D eigenvalue weighted by Crippen LogP contribution is 2.14. The van der Waals surface area contributed by atoms with Crippen LogP contribution >= 0.6 is 35.6 Å². The fourth-order valence-corrected chi connectivity index (χ4v) is 1.61. The normalized spacial score (nSPS) is 11.8. The number of hydrogen-bond donors (Lipinski definition) is 2. The Hall–Kier alpha value is -0.530. The molecule has 20 heavy (non-hydrogen) atoms. The van der Waals surface area contributed by atoms with Crippen LogP contribution in [0.5, 0.6) is 0 Å². The first-order valence-corrected chi connectivity index (χ1v) is 6.59. The van der Waals surface area contributed by atoms with Crippen LogP contribution in [-0.4, -0.2) is 32.3 Å². The van der Waals surface area contributed by atoms with Crippen molar-refractivity contribution in [2.24, 2.45) is 4.99 Å². The molecule has 1 rings (SSSR count). The van der Waals surface area contributed by atoms with Crippen LogP contribution in [0.2, 0.25) is 5.02 Å². The van der Waals surface area contributed by atoms with E-state index >= 15 is 0 Å². The van der Waals surface area contributed by atoms with Crippen LogP contribution in [0.3, 0.4) is 0 Å². The van der Waals surface area contributed by atoms with Crippen molar-refractivity contribution in [3.8, 4) is 0 Å². The van der Waals surface area contributed by atoms with E-state index in [2.05, 4.69) is 15.6 Å². The standard InChI is InChI=1S/C14H22ClN3O.HI/c1-14(2,19-4)10-18-13(16-3)17-9-11-7-5-6-8-12(11)15;/h5-8H,9-10H2,1-4H3,(H2,16,17,18);1H. The molecule has 0 atom stereocenters. The molecule has 0 aliphatic rings. The van der Waals surface area contributed by atoms with Crippen molar-refractivity contribution in [1.29, 1.82) is 0 Å². The molecule has 0 unspecified atom stereocenters. The molecular formula is C14H23ClIN3O. The summed E-state index contributed by atoms with van der Waals surface area (Å²) in [7, 11) is 3.43. The molecule has 0 saturated carbocycles. The molecule has 0 spiro atoms. The molecule has 114 valence electrons. The Morgan fingerprint density at radius 1 is 1.30 bits per heavy atom. The smallest absolute Gasteiger partial charge is 0.191 e. The molecule has 0 heterocycles. The molecule has 0 aliphatic carbocycles. The molecule has 1 aromatic carbocycles. The number of rotatable bonds is 5. The molecule has 0 saturated heterocycles. The summed E-state index contributed by atoms with van der Waals surface area (Å²) in [6, 6.07) is 7.75. The van der Waals surface area contributed by atoms with Crippen molar-refractivity contribution in [3.05, 3.63) is 34.9 Å². The van der Waals surface area contributed by atoms with Gasteiger partial charge in [-0.05, 0) is 25.5 Å². The van der Waals surface area contributed by atoms with Gasteiger partial charge in [-0.15, -0.1) is 24.0 Å². The fourth-order valence-electron chi connectivity index (χ4n) is 1.41. The first-order valence-electron chi connectivity index (χ1n) is 6.21. The Bertz CT molecular complexity index is 438. The zero-order valence-electron chi connectivity index (χ0n) is 12.4. The van der Waals surface area contributed by atoms with Gasteiger partial charge >= 0.3 is 0 Å². The monoisotopic (exact) mass is 411 g/mol. The number of guanidine groups is 1. The maximum Gasteiger partial charge on any atom is 0.191 e. The molecule has 0 aromatic heterocycles. The van der Waals surface area contributed by atoms with Crippen molar-refractivity contribution < 1.29 is 4.74 Å². The predicted molar refractivity (Wildman–Crippen MR) is 96.2 cm³/mol. The van der Waals surface area contributed by atoms with Crippen LogP contribution in [-0.2, 0) is 11.3 Å². The third-order valence-corrected chi connectivity index (χ3v) is 3.23. The molecule has 0 fully saturated rings. The summed E-state index contributed by atoms with van der Waals surface area (Å²) in [4.78, 5) is 4.17. The van der Waals surface area contributed by atoms with E-state index in [-0.39, 0.29) is 29.6 Å². The maximum atomic E-state index is 6.10. The average molecular weight is 412 g/mol. The lowest BCUT2D eigenvalue weighted by molar-refractivity contribution is 0.0268. The Labute approximate surface area is 143 Å². The predicted octanol–water partition coefficient (Wildman–Crippen LogP) is 3.05. The highest BCUT2D eigenvalue weighted by atomic mass is 127. The maximum absolute atomic E-state index is 6.10. The van der Waals surface area contributed by atoms with Crippen molar-refractivity contribution >= 4 is 41.5 Å². The van der Waals surface area contributed by atoms with Gasteiger partial charge in [0.25, 0.3) is 0 Å². The lowest BCUT2D eigenvalue weighted by atomic mass is 10.1. The Morgan fingerprint density at radius 3 is 2.50 bits per heavy atom. The molecule has 0 amide bonds. The summed E-state index contributed by atoms with van der Waals surface area (Å²) in [6.45, 7) is 5.33. The second-order valence-electron chi connectivity index (χ2n) is 4.83. The molecule has 0 aliphatic heterocycles. The van der Waals surface area contributed by atoms with Crippen LogP contribution in [0.25, 0.3) is 0 Å². The van der Waals surface area contributed by atoms with E-state index in [0.29, 0.717) is 13.1 Å². The minimum atomic E-state index is -0.234. The Balaban J connectivity index is 0.00000361. The molecule has 4 nitrogen and oxygen atoms in total. The van der Waals surface area contributed by atoms with Crippen molar-refractivity contribution in [2.45, 2.75) is 26.0 Å². The van der Waals surface area contributed by atoms with Crippen LogP contribution in [0.1, 0.15) is 19.4 Å². The second kappa shape index (κ2) is 9.41. The number of hydrogen-bond acceptors (Lipinski definition) is 2. The molecule has 1 aromatic rings. The molecule has 6 heteroatoms. The first kappa shape index (κ1) is 19.5. The first-order chi connectivity index (χ1) is 8.98. The number of halogens is 2. The number of methoxy groups -OCH3 is 1. The second-order valence-corrected chi connectivity index (χ2v) is 5.24. The van der Waals surface area contributed by atoms with Gasteiger partial charge in [-0.3, -0.25) is 4.99 Å². The van der Waals surface area contributed by atoms with Gasteiger partial charge in [-0.2, -0.15) is 0 Å². The Kier molecular flexibility index (Phi) is 9.16.